The highest BCUT2D eigenvalue weighted by Gasteiger charge is 2.43. The number of epoxide rings is 4. The van der Waals surface area contributed by atoms with Gasteiger partial charge in [-0.2, -0.15) is 0 Å². The first-order chi connectivity index (χ1) is 35.6. The van der Waals surface area contributed by atoms with Crippen molar-refractivity contribution in [2.45, 2.75) is 181 Å². The summed E-state index contributed by atoms with van der Waals surface area (Å²) in [5.74, 6) is 3.09. The van der Waals surface area contributed by atoms with Crippen LogP contribution >= 0.6 is 0 Å². The molecule has 0 amide bonds. The van der Waals surface area contributed by atoms with Crippen LogP contribution in [-0.2, 0) is 56.8 Å². The van der Waals surface area contributed by atoms with E-state index in [9.17, 15) is 0 Å². The second-order valence-corrected chi connectivity index (χ2v) is 18.6. The van der Waals surface area contributed by atoms with E-state index in [1.165, 1.54) is 0 Å². The molecule has 0 saturated carbocycles. The zero-order valence-electron chi connectivity index (χ0n) is 43.4. The van der Waals surface area contributed by atoms with Gasteiger partial charge in [0.2, 0.25) is 50.3 Å². The molecule has 4 aromatic carbocycles. The fourth-order valence-electron chi connectivity index (χ4n) is 9.14. The Morgan fingerprint density at radius 3 is 0.708 bits per heavy atom. The first-order valence-corrected chi connectivity index (χ1v) is 27.5. The van der Waals surface area contributed by atoms with Crippen LogP contribution < -0.4 is 18.9 Å². The molecule has 0 spiro atoms. The van der Waals surface area contributed by atoms with Gasteiger partial charge in [0, 0.05) is 85.2 Å². The highest BCUT2D eigenvalue weighted by molar-refractivity contribution is 6.29. The zero-order valence-corrected chi connectivity index (χ0v) is 43.4. The Kier molecular flexibility index (Phi) is 22.6. The molecule has 0 radical (unpaired) electrons. The van der Waals surface area contributed by atoms with Crippen molar-refractivity contribution in [2.24, 2.45) is 0 Å². The van der Waals surface area contributed by atoms with E-state index in [1.54, 1.807) is 0 Å². The topological polar surface area (TPSA) is 161 Å². The predicted octanol–water partition coefficient (Wildman–Crippen LogP) is 11.3. The van der Waals surface area contributed by atoms with Crippen LogP contribution in [0.3, 0.4) is 0 Å². The highest BCUT2D eigenvalue weighted by atomic mass is 16.9. The van der Waals surface area contributed by atoms with E-state index in [4.69, 9.17) is 75.8 Å². The lowest BCUT2D eigenvalue weighted by atomic mass is 9.91. The molecular weight excluding hydrogens is 929 g/mol. The van der Waals surface area contributed by atoms with Gasteiger partial charge in [0.15, 0.2) is 23.0 Å². The van der Waals surface area contributed by atoms with Crippen LogP contribution in [0.1, 0.15) is 130 Å². The van der Waals surface area contributed by atoms with E-state index in [-0.39, 0.29) is 50.3 Å². The predicted molar refractivity (Wildman–Crippen MR) is 271 cm³/mol. The number of hydrogen-bond acceptors (Lipinski definition) is 16. The summed E-state index contributed by atoms with van der Waals surface area (Å²) in [6.07, 6.45) is 13.8. The van der Waals surface area contributed by atoms with Crippen molar-refractivity contribution < 1.29 is 75.8 Å². The first kappa shape index (κ1) is 54.9. The van der Waals surface area contributed by atoms with Crippen molar-refractivity contribution in [3.05, 3.63) is 36.4 Å². The third-order valence-corrected chi connectivity index (χ3v) is 13.0. The lowest BCUT2D eigenvalue weighted by Gasteiger charge is -2.24. The normalized spacial score (nSPS) is 23.1. The van der Waals surface area contributed by atoms with Gasteiger partial charge < -0.3 is 75.8 Å². The summed E-state index contributed by atoms with van der Waals surface area (Å²) >= 11 is 0. The Hall–Kier alpha value is -3.36. The third kappa shape index (κ3) is 16.3. The van der Waals surface area contributed by atoms with E-state index in [0.717, 1.165) is 158 Å². The Balaban J connectivity index is 0.939. The molecule has 4 aliphatic heterocycles. The second kappa shape index (κ2) is 29.7. The van der Waals surface area contributed by atoms with Gasteiger partial charge in [0.05, 0.1) is 26.4 Å². The summed E-state index contributed by atoms with van der Waals surface area (Å²) in [5, 5.41) is 6.22. The van der Waals surface area contributed by atoms with E-state index in [2.05, 4.69) is 36.4 Å². The van der Waals surface area contributed by atoms with Crippen LogP contribution in [0.5, 0.6) is 23.0 Å². The number of hydrogen-bond donors (Lipinski definition) is 0. The molecule has 16 heteroatoms. The van der Waals surface area contributed by atoms with Gasteiger partial charge in [-0.1, -0.05) is 62.1 Å². The van der Waals surface area contributed by atoms with Crippen LogP contribution in [0.4, 0.5) is 0 Å². The van der Waals surface area contributed by atoms with Crippen LogP contribution in [0.2, 0.25) is 0 Å². The van der Waals surface area contributed by atoms with Crippen molar-refractivity contribution in [3.8, 4) is 23.0 Å². The molecule has 72 heavy (non-hydrogen) atoms. The van der Waals surface area contributed by atoms with Gasteiger partial charge in [0.25, 0.3) is 0 Å². The molecule has 0 bridgehead atoms. The van der Waals surface area contributed by atoms with Crippen LogP contribution in [0.25, 0.3) is 32.3 Å². The van der Waals surface area contributed by atoms with Gasteiger partial charge >= 0.3 is 0 Å². The summed E-state index contributed by atoms with van der Waals surface area (Å²) in [4.78, 5) is 0. The summed E-state index contributed by atoms with van der Waals surface area (Å²) in [6, 6.07) is 12.8. The summed E-state index contributed by atoms with van der Waals surface area (Å²) in [5.41, 5.74) is 0. The van der Waals surface area contributed by atoms with Gasteiger partial charge in [-0.3, -0.25) is 0 Å². The summed E-state index contributed by atoms with van der Waals surface area (Å²) in [7, 11) is 0. The Morgan fingerprint density at radius 2 is 0.486 bits per heavy atom. The van der Waals surface area contributed by atoms with Crippen LogP contribution in [0, 0.1) is 0 Å². The van der Waals surface area contributed by atoms with Crippen molar-refractivity contribution in [1.29, 1.82) is 0 Å². The molecule has 4 aliphatic rings. The Morgan fingerprint density at radius 1 is 0.278 bits per heavy atom. The summed E-state index contributed by atoms with van der Waals surface area (Å²) < 4.78 is 94.2. The minimum Gasteiger partial charge on any atom is -0.489 e. The minimum absolute atomic E-state index is 0.216. The lowest BCUT2D eigenvalue weighted by molar-refractivity contribution is 0.0442. The minimum atomic E-state index is -0.230. The van der Waals surface area contributed by atoms with Gasteiger partial charge in [-0.05, 0) is 105 Å². The standard InChI is InChI=1S/C56H82O16/c1-5-57-49-53(69-49)65-35-21-13-9-17-31-61-45-39-27-25-29-41-43(39)44-40(46(45)62-32-18-10-14-22-36-66-54-50(70-54)58-6-2)28-26-30-42(44)48(64-34-20-12-16-24-38-68-56-52(72-56)60-8-4)47(41)63-33-19-11-15-23-37-67-55-51(71-55)59-7-3/h25-30,49-56H,5-24,31-38H2,1-4H3. The van der Waals surface area contributed by atoms with Crippen molar-refractivity contribution in [3.63, 3.8) is 0 Å². The summed E-state index contributed by atoms with van der Waals surface area (Å²) in [6.45, 7) is 15.1. The Bertz CT molecular complexity index is 1870. The SMILES string of the molecule is CCOC1OC1OCCCCCCOc1c(OCCCCCCOC2OC2OCC)c2cccc3c(OCCCCCCOC4OC4OCC)c(OCCCCCCOC4OC4OCC)c4cccc1c4c23. The molecule has 4 heterocycles. The number of benzene rings is 4. The van der Waals surface area contributed by atoms with E-state index in [1.807, 2.05) is 27.7 Å². The van der Waals surface area contributed by atoms with Crippen LogP contribution in [0.15, 0.2) is 36.4 Å². The number of unbranched alkanes of at least 4 members (excludes halogenated alkanes) is 12. The lowest BCUT2D eigenvalue weighted by Crippen LogP contribution is -2.08. The van der Waals surface area contributed by atoms with Crippen molar-refractivity contribution in [1.82, 2.24) is 0 Å². The zero-order chi connectivity index (χ0) is 49.7. The maximum atomic E-state index is 6.87. The molecule has 0 aliphatic carbocycles. The molecule has 8 atom stereocenters. The largest absolute Gasteiger partial charge is 0.489 e. The van der Waals surface area contributed by atoms with Gasteiger partial charge in [-0.15, -0.1) is 0 Å². The van der Waals surface area contributed by atoms with Crippen molar-refractivity contribution in [2.75, 3.05) is 79.3 Å². The molecular formula is C56H82O16. The molecule has 8 rings (SSSR count). The molecule has 4 aromatic rings. The van der Waals surface area contributed by atoms with Gasteiger partial charge in [0.1, 0.15) is 0 Å². The molecule has 4 saturated heterocycles. The maximum Gasteiger partial charge on any atom is 0.212 e. The van der Waals surface area contributed by atoms with Crippen LogP contribution in [-0.4, -0.2) is 130 Å². The molecule has 402 valence electrons. The average Bonchev–Trinajstić information content (AvgIpc) is 4.22. The molecule has 8 unspecified atom stereocenters. The quantitative estimate of drug-likeness (QED) is 0.0234. The van der Waals surface area contributed by atoms with Crippen molar-refractivity contribution >= 4 is 32.3 Å². The smallest absolute Gasteiger partial charge is 0.212 e. The monoisotopic (exact) mass is 1010 g/mol. The second-order valence-electron chi connectivity index (χ2n) is 18.6. The number of ether oxygens (including phenoxy) is 16. The Labute approximate surface area is 426 Å². The number of rotatable bonds is 44. The molecule has 0 aromatic heterocycles. The molecule has 16 nitrogen and oxygen atoms in total. The van der Waals surface area contributed by atoms with Gasteiger partial charge in [-0.25, -0.2) is 0 Å². The third-order valence-electron chi connectivity index (χ3n) is 13.0. The first-order valence-electron chi connectivity index (χ1n) is 27.5. The highest BCUT2D eigenvalue weighted by Crippen LogP contribution is 2.53. The fourth-order valence-corrected chi connectivity index (χ4v) is 9.14. The van der Waals surface area contributed by atoms with E-state index in [0.29, 0.717) is 79.3 Å². The van der Waals surface area contributed by atoms with E-state index >= 15 is 0 Å². The molecule has 4 fully saturated rings. The molecule has 0 N–H and O–H groups in total. The fraction of sp³-hybridized carbons (Fsp3) is 0.714. The maximum absolute atomic E-state index is 6.87. The van der Waals surface area contributed by atoms with E-state index < -0.39 is 0 Å². The average molecular weight is 1010 g/mol.